The first kappa shape index (κ1) is 29.3. The van der Waals surface area contributed by atoms with Crippen molar-refractivity contribution in [1.82, 2.24) is 19.0 Å². The van der Waals surface area contributed by atoms with Crippen molar-refractivity contribution in [2.45, 2.75) is 24.3 Å². The van der Waals surface area contributed by atoms with E-state index in [9.17, 15) is 23.3 Å². The maximum Gasteiger partial charge on any atom is 0.289 e. The number of aryl methyl sites for hydroxylation is 1. The van der Waals surface area contributed by atoms with Gasteiger partial charge in [-0.2, -0.15) is 9.40 Å². The molecule has 1 atom stereocenters. The fraction of sp³-hybridized carbons (Fsp3) is 0.267. The number of nitrogens with one attached hydrogen (secondary N) is 1. The molecule has 0 bridgehead atoms. The van der Waals surface area contributed by atoms with Gasteiger partial charge in [-0.05, 0) is 55.3 Å². The van der Waals surface area contributed by atoms with Gasteiger partial charge in [-0.25, -0.2) is 13.1 Å². The summed E-state index contributed by atoms with van der Waals surface area (Å²) in [7, 11) is -4.07. The van der Waals surface area contributed by atoms with E-state index in [4.69, 9.17) is 15.6 Å². The highest BCUT2D eigenvalue weighted by atomic mass is 32.2. The van der Waals surface area contributed by atoms with Crippen LogP contribution in [0.1, 0.15) is 34.2 Å². The first-order valence-corrected chi connectivity index (χ1v) is 15.6. The van der Waals surface area contributed by atoms with E-state index in [1.165, 1.54) is 33.3 Å². The summed E-state index contributed by atoms with van der Waals surface area (Å²) >= 11 is 0. The van der Waals surface area contributed by atoms with Crippen molar-refractivity contribution in [3.8, 4) is 17.2 Å². The van der Waals surface area contributed by atoms with Crippen LogP contribution in [-0.2, 0) is 10.0 Å². The minimum absolute atomic E-state index is 0.152. The molecule has 3 N–H and O–H groups in total. The highest BCUT2D eigenvalue weighted by Crippen LogP contribution is 2.38. The smallest absolute Gasteiger partial charge is 0.289 e. The van der Waals surface area contributed by atoms with Crippen molar-refractivity contribution in [2.75, 3.05) is 38.0 Å². The van der Waals surface area contributed by atoms with E-state index >= 15 is 0 Å². The Morgan fingerprint density at radius 2 is 1.70 bits per heavy atom. The highest BCUT2D eigenvalue weighted by molar-refractivity contribution is 7.89. The lowest BCUT2D eigenvalue weighted by molar-refractivity contribution is -0.387. The van der Waals surface area contributed by atoms with Gasteiger partial charge in [0.1, 0.15) is 17.2 Å². The minimum Gasteiger partial charge on any atom is -0.457 e. The summed E-state index contributed by atoms with van der Waals surface area (Å²) in [4.78, 5) is 25.3. The number of anilines is 1. The highest BCUT2D eigenvalue weighted by Gasteiger charge is 2.38. The largest absolute Gasteiger partial charge is 0.457 e. The van der Waals surface area contributed by atoms with Crippen LogP contribution in [-0.4, -0.2) is 71.0 Å². The molecule has 0 aliphatic carbocycles. The third-order valence-corrected chi connectivity index (χ3v) is 9.92. The number of nitrogens with two attached hydrogens (primary N) is 1. The Labute approximate surface area is 254 Å². The first-order chi connectivity index (χ1) is 21.1. The number of sulfonamides is 1. The van der Waals surface area contributed by atoms with Gasteiger partial charge in [0.15, 0.2) is 10.6 Å². The molecule has 1 fully saturated rings. The van der Waals surface area contributed by atoms with Gasteiger partial charge < -0.3 is 15.8 Å². The Hall–Kier alpha value is -4.79. The molecule has 6 rings (SSSR count). The van der Waals surface area contributed by atoms with Crippen LogP contribution in [0.2, 0.25) is 0 Å². The first-order valence-electron chi connectivity index (χ1n) is 14.1. The topological polar surface area (TPSA) is 166 Å². The van der Waals surface area contributed by atoms with E-state index in [0.29, 0.717) is 48.9 Å². The molecule has 228 valence electrons. The predicted octanol–water partition coefficient (Wildman–Crippen LogP) is 3.84. The molecule has 1 amide bonds. The molecule has 2 aliphatic rings. The number of ether oxygens (including phenoxy) is 1. The number of aromatic nitrogens is 2. The Balaban J connectivity index is 1.23. The van der Waals surface area contributed by atoms with Crippen molar-refractivity contribution in [2.24, 2.45) is 5.73 Å². The summed E-state index contributed by atoms with van der Waals surface area (Å²) in [6, 6.07) is 20.1. The number of hydrogen-bond acceptors (Lipinski definition) is 9. The Kier molecular flexibility index (Phi) is 7.80. The molecule has 0 spiro atoms. The third kappa shape index (κ3) is 5.38. The second-order valence-electron chi connectivity index (χ2n) is 10.6. The van der Waals surface area contributed by atoms with Crippen molar-refractivity contribution < 1.29 is 22.9 Å². The second kappa shape index (κ2) is 11.7. The Morgan fingerprint density at radius 3 is 2.39 bits per heavy atom. The zero-order chi connectivity index (χ0) is 31.0. The summed E-state index contributed by atoms with van der Waals surface area (Å²) in [5.41, 5.74) is 8.48. The van der Waals surface area contributed by atoms with Crippen LogP contribution in [0.25, 0.3) is 5.69 Å². The zero-order valence-electron chi connectivity index (χ0n) is 23.9. The number of fused-ring (bicyclic) bond motifs is 1. The Bertz CT molecular complexity index is 1830. The van der Waals surface area contributed by atoms with E-state index in [0.717, 1.165) is 11.3 Å². The standard InChI is InChI=1S/C30H31N7O6S/c1-20-6-2-4-8-25(20)43-22-12-10-21(11-13-22)36-29(30(31)38)28-27(33-36)24(14-15-32-28)34-16-18-35(19-17-34)44(41,42)26-9-5-3-7-23(26)37(39)40/h2-13,24,32H,14-19H2,1H3,(H2,31,38)/t24-/m0/s1. The van der Waals surface area contributed by atoms with E-state index in [-0.39, 0.29) is 29.7 Å². The fourth-order valence-corrected chi connectivity index (χ4v) is 7.34. The van der Waals surface area contributed by atoms with Gasteiger partial charge in [-0.1, -0.05) is 30.3 Å². The number of nitro groups is 1. The number of carbonyl (C=O) groups excluding carboxylic acids is 1. The molecule has 3 heterocycles. The number of nitro benzene ring substituents is 1. The number of nitrogens with zero attached hydrogens (tertiary/aromatic N) is 5. The lowest BCUT2D eigenvalue weighted by Crippen LogP contribution is -2.50. The minimum atomic E-state index is -4.07. The van der Waals surface area contributed by atoms with E-state index < -0.39 is 26.5 Å². The van der Waals surface area contributed by atoms with Gasteiger partial charge >= 0.3 is 0 Å². The van der Waals surface area contributed by atoms with Gasteiger partial charge in [-0.3, -0.25) is 19.8 Å². The number of carbonyl (C=O) groups is 1. The number of hydrogen-bond donors (Lipinski definition) is 2. The molecule has 2 aliphatic heterocycles. The molecule has 13 nitrogen and oxygen atoms in total. The van der Waals surface area contributed by atoms with Gasteiger partial charge in [-0.15, -0.1) is 0 Å². The SMILES string of the molecule is Cc1ccccc1Oc1ccc(-n2nc3c(c2C(N)=O)NCC[C@@H]3N2CCN(S(=O)(=O)c3ccccc3[N+](=O)[O-])CC2)cc1. The van der Waals surface area contributed by atoms with Crippen LogP contribution in [0.4, 0.5) is 11.4 Å². The molecule has 1 saturated heterocycles. The number of piperazine rings is 1. The Morgan fingerprint density at radius 1 is 1.02 bits per heavy atom. The third-order valence-electron chi connectivity index (χ3n) is 7.98. The van der Waals surface area contributed by atoms with Gasteiger partial charge in [0.25, 0.3) is 11.6 Å². The molecular weight excluding hydrogens is 586 g/mol. The second-order valence-corrected chi connectivity index (χ2v) is 12.5. The molecule has 4 aromatic rings. The van der Waals surface area contributed by atoms with Crippen LogP contribution < -0.4 is 15.8 Å². The van der Waals surface area contributed by atoms with Crippen molar-refractivity contribution >= 4 is 27.3 Å². The maximum atomic E-state index is 13.3. The molecule has 0 saturated carbocycles. The zero-order valence-corrected chi connectivity index (χ0v) is 24.7. The summed E-state index contributed by atoms with van der Waals surface area (Å²) < 4.78 is 35.5. The van der Waals surface area contributed by atoms with E-state index in [1.54, 1.807) is 24.3 Å². The average molecular weight is 618 g/mol. The number of benzene rings is 3. The molecule has 14 heteroatoms. The number of para-hydroxylation sites is 2. The van der Waals surface area contributed by atoms with Gasteiger partial charge in [0.05, 0.1) is 22.3 Å². The summed E-state index contributed by atoms with van der Waals surface area (Å²) in [6.45, 7) is 3.61. The molecule has 1 aromatic heterocycles. The molecule has 44 heavy (non-hydrogen) atoms. The average Bonchev–Trinajstić information content (AvgIpc) is 3.43. The van der Waals surface area contributed by atoms with Gasteiger partial charge in [0, 0.05) is 38.8 Å². The monoisotopic (exact) mass is 617 g/mol. The number of amides is 1. The molecule has 0 unspecified atom stereocenters. The fourth-order valence-electron chi connectivity index (χ4n) is 5.76. The van der Waals surface area contributed by atoms with Crippen molar-refractivity contribution in [1.29, 1.82) is 0 Å². The molecule has 0 radical (unpaired) electrons. The summed E-state index contributed by atoms with van der Waals surface area (Å²) in [5.74, 6) is 0.743. The van der Waals surface area contributed by atoms with Crippen LogP contribution in [0, 0.1) is 17.0 Å². The van der Waals surface area contributed by atoms with Crippen LogP contribution in [0.3, 0.4) is 0 Å². The molecule has 3 aromatic carbocycles. The predicted molar refractivity (Wildman–Crippen MR) is 163 cm³/mol. The quantitative estimate of drug-likeness (QED) is 0.221. The summed E-state index contributed by atoms with van der Waals surface area (Å²) in [6.07, 6.45) is 0.683. The van der Waals surface area contributed by atoms with Crippen LogP contribution in [0.5, 0.6) is 11.5 Å². The van der Waals surface area contributed by atoms with Crippen LogP contribution >= 0.6 is 0 Å². The van der Waals surface area contributed by atoms with Crippen molar-refractivity contribution in [3.05, 3.63) is 99.9 Å². The normalized spacial score (nSPS) is 17.4. The molecular formula is C30H31N7O6S. The van der Waals surface area contributed by atoms with Crippen molar-refractivity contribution in [3.63, 3.8) is 0 Å². The van der Waals surface area contributed by atoms with Gasteiger partial charge in [0.2, 0.25) is 10.0 Å². The lowest BCUT2D eigenvalue weighted by Gasteiger charge is -2.39. The summed E-state index contributed by atoms with van der Waals surface area (Å²) in [5, 5.41) is 19.6. The number of primary amides is 1. The lowest BCUT2D eigenvalue weighted by atomic mass is 10.0. The van der Waals surface area contributed by atoms with E-state index in [2.05, 4.69) is 10.2 Å². The number of rotatable bonds is 8. The van der Waals surface area contributed by atoms with Crippen LogP contribution in [0.15, 0.2) is 77.7 Å². The maximum absolute atomic E-state index is 13.3. The van der Waals surface area contributed by atoms with E-state index in [1.807, 2.05) is 31.2 Å².